The number of allylic oxidation sites excluding steroid dienone is 3. The number of carbonyl (C=O) groups excluding carboxylic acids is 3. The van der Waals surface area contributed by atoms with Crippen LogP contribution in [0.15, 0.2) is 34.4 Å². The van der Waals surface area contributed by atoms with Crippen molar-refractivity contribution in [2.24, 2.45) is 0 Å². The van der Waals surface area contributed by atoms with Crippen LogP contribution in [0.3, 0.4) is 0 Å². The molecule has 0 saturated heterocycles. The van der Waals surface area contributed by atoms with Crippen molar-refractivity contribution in [1.82, 2.24) is 5.32 Å². The molecule has 0 spiro atoms. The van der Waals surface area contributed by atoms with Gasteiger partial charge in [0.2, 0.25) is 0 Å². The summed E-state index contributed by atoms with van der Waals surface area (Å²) in [4.78, 5) is 34.4. The predicted octanol–water partition coefficient (Wildman–Crippen LogP) is 2.11. The average molecular weight is 345 g/mol. The SMILES string of the molecule is COC(=O)CCCCCNC(=O)COC1=C=C=C2C(=O)CCCC2=C1. The molecule has 0 radical (unpaired) electrons. The molecule has 6 nitrogen and oxygen atoms in total. The smallest absolute Gasteiger partial charge is 0.305 e. The van der Waals surface area contributed by atoms with E-state index >= 15 is 0 Å². The summed E-state index contributed by atoms with van der Waals surface area (Å²) in [5.41, 5.74) is 7.14. The molecule has 0 aromatic rings. The lowest BCUT2D eigenvalue weighted by Gasteiger charge is -2.17. The lowest BCUT2D eigenvalue weighted by atomic mass is 9.87. The van der Waals surface area contributed by atoms with Gasteiger partial charge in [0.25, 0.3) is 5.91 Å². The molecule has 0 heterocycles. The molecule has 0 unspecified atom stereocenters. The zero-order valence-corrected chi connectivity index (χ0v) is 14.5. The third kappa shape index (κ3) is 6.11. The Morgan fingerprint density at radius 3 is 2.84 bits per heavy atom. The van der Waals surface area contributed by atoms with Crippen molar-refractivity contribution >= 4 is 17.7 Å². The minimum Gasteiger partial charge on any atom is -0.476 e. The maximum Gasteiger partial charge on any atom is 0.305 e. The molecule has 134 valence electrons. The van der Waals surface area contributed by atoms with Crippen LogP contribution in [0.2, 0.25) is 0 Å². The number of Topliss-reactive ketones (excluding diaryl/α,β-unsaturated/α-hetero) is 1. The lowest BCUT2D eigenvalue weighted by Crippen LogP contribution is -2.28. The normalized spacial score (nSPS) is 15.6. The molecule has 0 atom stereocenters. The van der Waals surface area contributed by atoms with Crippen LogP contribution in [0.5, 0.6) is 0 Å². The molecule has 1 fully saturated rings. The van der Waals surface area contributed by atoms with Crippen LogP contribution in [-0.4, -0.2) is 37.9 Å². The first kappa shape index (κ1) is 18.8. The minimum atomic E-state index is -0.213. The van der Waals surface area contributed by atoms with E-state index in [4.69, 9.17) is 4.74 Å². The summed E-state index contributed by atoms with van der Waals surface area (Å²) >= 11 is 0. The second-order valence-electron chi connectivity index (χ2n) is 5.96. The van der Waals surface area contributed by atoms with Gasteiger partial charge in [-0.1, -0.05) is 12.2 Å². The molecule has 25 heavy (non-hydrogen) atoms. The summed E-state index contributed by atoms with van der Waals surface area (Å²) in [5, 5.41) is 2.77. The first-order chi connectivity index (χ1) is 12.1. The maximum absolute atomic E-state index is 11.8. The number of amides is 1. The summed E-state index contributed by atoms with van der Waals surface area (Å²) in [6, 6.07) is 0. The van der Waals surface area contributed by atoms with Gasteiger partial charge in [-0.15, -0.1) is 0 Å². The van der Waals surface area contributed by atoms with E-state index in [9.17, 15) is 14.4 Å². The van der Waals surface area contributed by atoms with Crippen molar-refractivity contribution in [3.63, 3.8) is 0 Å². The first-order valence-electron chi connectivity index (χ1n) is 8.56. The highest BCUT2D eigenvalue weighted by molar-refractivity contribution is 6.00. The molecule has 0 aromatic heterocycles. The monoisotopic (exact) mass is 345 g/mol. The summed E-state index contributed by atoms with van der Waals surface area (Å²) in [5.74, 6) is 0.100. The summed E-state index contributed by atoms with van der Waals surface area (Å²) in [7, 11) is 1.37. The fourth-order valence-electron chi connectivity index (χ4n) is 2.65. The zero-order valence-electron chi connectivity index (χ0n) is 14.5. The Morgan fingerprint density at radius 2 is 2.04 bits per heavy atom. The molecule has 2 aliphatic carbocycles. The number of unbranched alkanes of at least 4 members (excludes halogenated alkanes) is 2. The van der Waals surface area contributed by atoms with Crippen LogP contribution >= 0.6 is 0 Å². The number of rotatable bonds is 9. The number of carbonyl (C=O) groups is 3. The van der Waals surface area contributed by atoms with Crippen LogP contribution in [0.4, 0.5) is 0 Å². The van der Waals surface area contributed by atoms with Crippen LogP contribution in [0, 0.1) is 0 Å². The molecule has 2 aliphatic rings. The molecule has 0 bridgehead atoms. The van der Waals surface area contributed by atoms with Gasteiger partial charge in [0, 0.05) is 19.4 Å². The highest BCUT2D eigenvalue weighted by Gasteiger charge is 2.21. The molecule has 1 N–H and O–H groups in total. The standard InChI is InChI=1S/C19H23NO5/c1-24-19(23)8-3-2-4-11-20-18(22)13-25-15-9-10-16-14(12-15)6-5-7-17(16)21/h12H,2-8,11,13H2,1H3,(H,20,22). The summed E-state index contributed by atoms with van der Waals surface area (Å²) in [6.07, 6.45) is 6.77. The number of esters is 1. The van der Waals surface area contributed by atoms with Crippen molar-refractivity contribution in [3.05, 3.63) is 34.4 Å². The lowest BCUT2D eigenvalue weighted by molar-refractivity contribution is -0.140. The number of nitrogens with one attached hydrogen (secondary N) is 1. The quantitative estimate of drug-likeness (QED) is 0.393. The molecular weight excluding hydrogens is 322 g/mol. The second kappa shape index (κ2) is 9.67. The van der Waals surface area contributed by atoms with E-state index in [1.54, 1.807) is 6.08 Å². The Kier molecular flexibility index (Phi) is 7.27. The first-order valence-corrected chi connectivity index (χ1v) is 8.56. The number of ether oxygens (including phenoxy) is 2. The van der Waals surface area contributed by atoms with E-state index in [2.05, 4.69) is 21.5 Å². The van der Waals surface area contributed by atoms with Gasteiger partial charge >= 0.3 is 5.97 Å². The minimum absolute atomic E-state index is 0.0917. The van der Waals surface area contributed by atoms with E-state index < -0.39 is 0 Å². The van der Waals surface area contributed by atoms with E-state index in [0.717, 1.165) is 37.7 Å². The second-order valence-corrected chi connectivity index (χ2v) is 5.96. The van der Waals surface area contributed by atoms with Gasteiger partial charge in [-0.05, 0) is 43.1 Å². The van der Waals surface area contributed by atoms with Crippen LogP contribution < -0.4 is 5.32 Å². The zero-order chi connectivity index (χ0) is 18.1. The third-order valence-electron chi connectivity index (χ3n) is 4.03. The Bertz CT molecular complexity index is 676. The van der Waals surface area contributed by atoms with Crippen molar-refractivity contribution in [2.45, 2.75) is 44.9 Å². The Labute approximate surface area is 147 Å². The van der Waals surface area contributed by atoms with Gasteiger partial charge in [0.15, 0.2) is 18.1 Å². The molecule has 1 amide bonds. The fraction of sp³-hybridized carbons (Fsp3) is 0.526. The highest BCUT2D eigenvalue weighted by Crippen LogP contribution is 2.28. The maximum atomic E-state index is 11.8. The fourth-order valence-corrected chi connectivity index (χ4v) is 2.65. The van der Waals surface area contributed by atoms with Gasteiger partial charge in [0.1, 0.15) is 0 Å². The van der Waals surface area contributed by atoms with E-state index in [1.165, 1.54) is 7.11 Å². The molecule has 1 saturated carbocycles. The summed E-state index contributed by atoms with van der Waals surface area (Å²) < 4.78 is 9.98. The van der Waals surface area contributed by atoms with E-state index in [1.807, 2.05) is 0 Å². The Balaban J connectivity index is 1.66. The van der Waals surface area contributed by atoms with E-state index in [-0.39, 0.29) is 24.3 Å². The average Bonchev–Trinajstić information content (AvgIpc) is 2.62. The van der Waals surface area contributed by atoms with Crippen LogP contribution in [-0.2, 0) is 23.9 Å². The molecular formula is C19H23NO5. The van der Waals surface area contributed by atoms with Crippen LogP contribution in [0.25, 0.3) is 0 Å². The van der Waals surface area contributed by atoms with Gasteiger partial charge < -0.3 is 14.8 Å². The van der Waals surface area contributed by atoms with Crippen molar-refractivity contribution in [3.8, 4) is 0 Å². The number of methoxy groups -OCH3 is 1. The summed E-state index contributed by atoms with van der Waals surface area (Å²) in [6.45, 7) is 0.442. The predicted molar refractivity (Wildman–Crippen MR) is 90.4 cm³/mol. The molecule has 6 heteroatoms. The van der Waals surface area contributed by atoms with E-state index in [0.29, 0.717) is 30.7 Å². The molecule has 0 aliphatic heterocycles. The topological polar surface area (TPSA) is 81.7 Å². The van der Waals surface area contributed by atoms with Crippen LogP contribution in [0.1, 0.15) is 44.9 Å². The number of hydrogen-bond donors (Lipinski definition) is 1. The largest absolute Gasteiger partial charge is 0.476 e. The van der Waals surface area contributed by atoms with Gasteiger partial charge in [-0.3, -0.25) is 14.4 Å². The number of fused-ring (bicyclic) bond motifs is 1. The molecule has 0 aromatic carbocycles. The van der Waals surface area contributed by atoms with Gasteiger partial charge in [-0.2, -0.15) is 0 Å². The third-order valence-corrected chi connectivity index (χ3v) is 4.03. The van der Waals surface area contributed by atoms with Gasteiger partial charge in [0.05, 0.1) is 12.7 Å². The van der Waals surface area contributed by atoms with Gasteiger partial charge in [-0.25, -0.2) is 0 Å². The van der Waals surface area contributed by atoms with Crippen molar-refractivity contribution in [2.75, 3.05) is 20.3 Å². The number of hydrogen-bond acceptors (Lipinski definition) is 5. The Hall–Kier alpha value is -2.55. The molecule has 2 rings (SSSR count). The highest BCUT2D eigenvalue weighted by atomic mass is 16.5. The Morgan fingerprint density at radius 1 is 1.20 bits per heavy atom. The number of ketones is 1. The van der Waals surface area contributed by atoms with Crippen molar-refractivity contribution < 1.29 is 23.9 Å². The van der Waals surface area contributed by atoms with Crippen molar-refractivity contribution in [1.29, 1.82) is 0 Å².